The van der Waals surface area contributed by atoms with E-state index in [-0.39, 0.29) is 23.6 Å². The number of carbonyl (C=O) groups is 2. The number of halogens is 2. The molecule has 1 aliphatic rings. The quantitative estimate of drug-likeness (QED) is 0.471. The van der Waals surface area contributed by atoms with Crippen LogP contribution in [0.15, 0.2) is 47.6 Å². The van der Waals surface area contributed by atoms with Crippen molar-refractivity contribution in [3.05, 3.63) is 69.5 Å². The molecule has 7 nitrogen and oxygen atoms in total. The van der Waals surface area contributed by atoms with Crippen molar-refractivity contribution < 1.29 is 9.59 Å². The molecule has 1 fully saturated rings. The maximum Gasteiger partial charge on any atom is 0.254 e. The fourth-order valence-electron chi connectivity index (χ4n) is 3.86. The van der Waals surface area contributed by atoms with Gasteiger partial charge in [-0.25, -0.2) is 0 Å². The average Bonchev–Trinajstić information content (AvgIpc) is 3.41. The van der Waals surface area contributed by atoms with E-state index in [1.165, 1.54) is 11.8 Å². The number of thioether (sulfide) groups is 1. The molecule has 172 valence electrons. The maximum absolute atomic E-state index is 13.1. The summed E-state index contributed by atoms with van der Waals surface area (Å²) in [4.78, 5) is 27.3. The highest BCUT2D eigenvalue weighted by molar-refractivity contribution is 7.99. The molecule has 0 radical (unpaired) electrons. The smallest absolute Gasteiger partial charge is 0.254 e. The van der Waals surface area contributed by atoms with Crippen molar-refractivity contribution in [2.75, 3.05) is 17.6 Å². The number of amides is 2. The van der Waals surface area contributed by atoms with Crippen LogP contribution >= 0.6 is 35.0 Å². The summed E-state index contributed by atoms with van der Waals surface area (Å²) in [5.41, 5.74) is 2.22. The topological polar surface area (TPSA) is 80.1 Å². The summed E-state index contributed by atoms with van der Waals surface area (Å²) in [6.45, 7) is 2.55. The van der Waals surface area contributed by atoms with Gasteiger partial charge in [-0.05, 0) is 67.8 Å². The van der Waals surface area contributed by atoms with E-state index in [1.807, 2.05) is 23.4 Å². The van der Waals surface area contributed by atoms with Crippen molar-refractivity contribution in [3.63, 3.8) is 0 Å². The van der Waals surface area contributed by atoms with Crippen molar-refractivity contribution in [1.29, 1.82) is 0 Å². The molecule has 1 aromatic heterocycles. The number of rotatable bonds is 6. The van der Waals surface area contributed by atoms with Crippen molar-refractivity contribution in [2.45, 2.75) is 31.0 Å². The Morgan fingerprint density at radius 3 is 2.58 bits per heavy atom. The molecular weight excluding hydrogens is 481 g/mol. The third-order valence-electron chi connectivity index (χ3n) is 5.57. The summed E-state index contributed by atoms with van der Waals surface area (Å²) in [5, 5.41) is 13.4. The molecule has 2 aromatic carbocycles. The summed E-state index contributed by atoms with van der Waals surface area (Å²) >= 11 is 13.2. The lowest BCUT2D eigenvalue weighted by Gasteiger charge is -2.24. The highest BCUT2D eigenvalue weighted by Crippen LogP contribution is 2.33. The van der Waals surface area contributed by atoms with Crippen LogP contribution < -0.4 is 5.32 Å². The molecule has 1 saturated heterocycles. The summed E-state index contributed by atoms with van der Waals surface area (Å²) in [6.07, 6.45) is 1.70. The molecule has 33 heavy (non-hydrogen) atoms. The molecule has 1 atom stereocenters. The molecule has 3 aromatic rings. The number of benzene rings is 2. The number of hydrogen-bond acceptors (Lipinski definition) is 5. The van der Waals surface area contributed by atoms with E-state index in [9.17, 15) is 9.59 Å². The van der Waals surface area contributed by atoms with Crippen LogP contribution in [-0.2, 0) is 11.8 Å². The van der Waals surface area contributed by atoms with Gasteiger partial charge in [0.25, 0.3) is 5.91 Å². The van der Waals surface area contributed by atoms with Gasteiger partial charge in [-0.2, -0.15) is 0 Å². The van der Waals surface area contributed by atoms with E-state index in [0.29, 0.717) is 33.1 Å². The minimum atomic E-state index is -0.162. The van der Waals surface area contributed by atoms with E-state index in [4.69, 9.17) is 23.2 Å². The number of anilines is 1. The van der Waals surface area contributed by atoms with Gasteiger partial charge in [0.1, 0.15) is 0 Å². The van der Waals surface area contributed by atoms with E-state index in [0.717, 1.165) is 24.1 Å². The Hall–Kier alpha value is -2.55. The van der Waals surface area contributed by atoms with Crippen LogP contribution in [0.2, 0.25) is 10.0 Å². The third kappa shape index (κ3) is 5.34. The van der Waals surface area contributed by atoms with Gasteiger partial charge in [0.15, 0.2) is 11.0 Å². The zero-order chi connectivity index (χ0) is 23.5. The van der Waals surface area contributed by atoms with Crippen molar-refractivity contribution in [2.24, 2.45) is 7.05 Å². The molecule has 2 heterocycles. The number of likely N-dealkylation sites (tertiary alicyclic amines) is 1. The highest BCUT2D eigenvalue weighted by atomic mass is 35.5. The van der Waals surface area contributed by atoms with Gasteiger partial charge >= 0.3 is 0 Å². The van der Waals surface area contributed by atoms with Gasteiger partial charge in [0.2, 0.25) is 5.91 Å². The van der Waals surface area contributed by atoms with Gasteiger partial charge < -0.3 is 14.8 Å². The molecule has 1 unspecified atom stereocenters. The zero-order valence-electron chi connectivity index (χ0n) is 18.2. The Morgan fingerprint density at radius 2 is 1.85 bits per heavy atom. The van der Waals surface area contributed by atoms with E-state index < -0.39 is 0 Å². The fourth-order valence-corrected chi connectivity index (χ4v) is 4.93. The first-order chi connectivity index (χ1) is 15.8. The number of carbonyl (C=O) groups excluding carboxylic acids is 2. The van der Waals surface area contributed by atoms with E-state index >= 15 is 0 Å². The van der Waals surface area contributed by atoms with Crippen molar-refractivity contribution >= 4 is 52.5 Å². The lowest BCUT2D eigenvalue weighted by Crippen LogP contribution is -2.31. The first-order valence-corrected chi connectivity index (χ1v) is 12.2. The molecule has 0 bridgehead atoms. The van der Waals surface area contributed by atoms with E-state index in [1.54, 1.807) is 42.5 Å². The Kier molecular flexibility index (Phi) is 7.26. The Morgan fingerprint density at radius 1 is 1.12 bits per heavy atom. The monoisotopic (exact) mass is 503 g/mol. The lowest BCUT2D eigenvalue weighted by molar-refractivity contribution is -0.113. The second kappa shape index (κ2) is 10.2. The molecule has 0 spiro atoms. The van der Waals surface area contributed by atoms with Crippen LogP contribution in [0, 0.1) is 6.92 Å². The number of hydrogen-bond donors (Lipinski definition) is 1. The van der Waals surface area contributed by atoms with Gasteiger partial charge in [0.05, 0.1) is 11.8 Å². The SMILES string of the molecule is Cc1cc(Cl)ccc1NC(=O)CSc1nnc(C2CCCN2C(=O)c2ccc(Cl)cc2)n1C. The van der Waals surface area contributed by atoms with Crippen LogP contribution in [0.25, 0.3) is 0 Å². The van der Waals surface area contributed by atoms with Gasteiger partial charge in [0, 0.05) is 34.9 Å². The third-order valence-corrected chi connectivity index (χ3v) is 7.07. The normalized spacial score (nSPS) is 15.6. The highest BCUT2D eigenvalue weighted by Gasteiger charge is 2.34. The standard InChI is InChI=1S/C23H23Cl2N5O2S/c1-14-12-17(25)9-10-18(14)26-20(31)13-33-23-28-27-21(29(23)2)19-4-3-11-30(19)22(32)15-5-7-16(24)8-6-15/h5-10,12,19H,3-4,11,13H2,1-2H3,(H,26,31). The predicted molar refractivity (Wildman–Crippen MR) is 131 cm³/mol. The summed E-state index contributed by atoms with van der Waals surface area (Å²) in [6, 6.07) is 12.1. The van der Waals surface area contributed by atoms with Crippen LogP contribution in [0.4, 0.5) is 5.69 Å². The lowest BCUT2D eigenvalue weighted by atomic mass is 10.1. The average molecular weight is 504 g/mol. The Bertz CT molecular complexity index is 1180. The van der Waals surface area contributed by atoms with Crippen LogP contribution in [0.3, 0.4) is 0 Å². The Balaban J connectivity index is 1.42. The van der Waals surface area contributed by atoms with Gasteiger partial charge in [-0.1, -0.05) is 35.0 Å². The first kappa shape index (κ1) is 23.6. The molecule has 1 aliphatic heterocycles. The molecule has 4 rings (SSSR count). The van der Waals surface area contributed by atoms with Gasteiger partial charge in [-0.3, -0.25) is 9.59 Å². The van der Waals surface area contributed by atoms with E-state index in [2.05, 4.69) is 15.5 Å². The molecule has 2 amide bonds. The summed E-state index contributed by atoms with van der Waals surface area (Å²) in [7, 11) is 1.86. The first-order valence-electron chi connectivity index (χ1n) is 10.5. The largest absolute Gasteiger partial charge is 0.328 e. The molecule has 10 heteroatoms. The predicted octanol–water partition coefficient (Wildman–Crippen LogP) is 5.14. The zero-order valence-corrected chi connectivity index (χ0v) is 20.5. The van der Waals surface area contributed by atoms with Crippen LogP contribution in [0.1, 0.15) is 40.6 Å². The maximum atomic E-state index is 13.1. The second-order valence-electron chi connectivity index (χ2n) is 7.86. The van der Waals surface area contributed by atoms with Crippen LogP contribution in [0.5, 0.6) is 0 Å². The molecule has 1 N–H and O–H groups in total. The summed E-state index contributed by atoms with van der Waals surface area (Å²) in [5.74, 6) is 0.706. The molecular formula is C23H23Cl2N5O2S. The molecule has 0 aliphatic carbocycles. The van der Waals surface area contributed by atoms with Crippen molar-refractivity contribution in [3.8, 4) is 0 Å². The fraction of sp³-hybridized carbons (Fsp3) is 0.304. The van der Waals surface area contributed by atoms with Gasteiger partial charge in [-0.15, -0.1) is 10.2 Å². The minimum absolute atomic E-state index is 0.0518. The number of aromatic nitrogens is 3. The second-order valence-corrected chi connectivity index (χ2v) is 9.67. The van der Waals surface area contributed by atoms with Crippen molar-refractivity contribution in [1.82, 2.24) is 19.7 Å². The van der Waals surface area contributed by atoms with Crippen LogP contribution in [-0.4, -0.2) is 43.8 Å². The minimum Gasteiger partial charge on any atom is -0.328 e. The number of aryl methyl sites for hydroxylation is 1. The Labute approximate surface area is 206 Å². The summed E-state index contributed by atoms with van der Waals surface area (Å²) < 4.78 is 1.86. The molecule has 0 saturated carbocycles. The number of nitrogens with zero attached hydrogens (tertiary/aromatic N) is 4. The number of nitrogens with one attached hydrogen (secondary N) is 1.